The van der Waals surface area contributed by atoms with Crippen LogP contribution < -0.4 is 5.73 Å². The molecule has 53 heavy (non-hydrogen) atoms. The van der Waals surface area contributed by atoms with Crippen LogP contribution in [0.5, 0.6) is 0 Å². The third-order valence-electron chi connectivity index (χ3n) is 8.08. The maximum absolute atomic E-state index is 12.8. The Morgan fingerprint density at radius 3 is 1.60 bits per heavy atom. The van der Waals surface area contributed by atoms with Crippen LogP contribution in [0.4, 0.5) is 0 Å². The van der Waals surface area contributed by atoms with Gasteiger partial charge in [0.2, 0.25) is 0 Å². The number of phosphoric acid groups is 2. The molecule has 24 nitrogen and oxygen atoms in total. The summed E-state index contributed by atoms with van der Waals surface area (Å²) in [5, 5.41) is 90.7. The fraction of sp³-hybridized carbons (Fsp3) is 1.00. The average Bonchev–Trinajstić information content (AvgIpc) is 3.63. The number of phosphoric ester groups is 2. The van der Waals surface area contributed by atoms with Gasteiger partial charge in [0, 0.05) is 14.2 Å². The quantitative estimate of drug-likeness (QED) is 0.0259. The smallest absolute Gasteiger partial charge is 0.394 e. The van der Waals surface area contributed by atoms with Gasteiger partial charge in [-0.25, -0.2) is 9.13 Å². The molecule has 16 atom stereocenters. The molecule has 12 unspecified atom stereocenters. The first-order valence-corrected chi connectivity index (χ1v) is 19.5. The lowest BCUT2D eigenvalue weighted by Crippen LogP contribution is -2.44. The second kappa shape index (κ2) is 23.7. The highest BCUT2D eigenvalue weighted by Crippen LogP contribution is 2.48. The molecule has 0 aromatic heterocycles. The molecule has 2 saturated heterocycles. The van der Waals surface area contributed by atoms with E-state index in [1.807, 2.05) is 0 Å². The Balaban J connectivity index is 1.85. The summed E-state index contributed by atoms with van der Waals surface area (Å²) in [6, 6.07) is 0. The molecule has 0 bridgehead atoms. The van der Waals surface area contributed by atoms with Crippen molar-refractivity contribution in [2.24, 2.45) is 5.73 Å². The van der Waals surface area contributed by atoms with Crippen LogP contribution in [0.15, 0.2) is 0 Å². The van der Waals surface area contributed by atoms with Crippen molar-refractivity contribution in [2.45, 2.75) is 105 Å². The first kappa shape index (κ1) is 48.7. The standard InChI is InChI=1S/C27H55NO23P2/c1-42-24-22(37)18(8-29)49-26(24)44-10-14(31)21(36)17(34)13-48-53(40,41)51-23-19(9-30)50-27(25(23)43-2)45-11-15(32)20(35)16(33)12-47-52(38,39)46-7-5-3-4-6-28/h14-27,29-37H,3-13,28H2,1-2H3,(H,38,39)(H,40,41)/t14?,15?,16?,17?,18-,19-,20?,21?,22?,23?,24?,25?,26-,27-/m1/s1. The van der Waals surface area contributed by atoms with E-state index in [9.17, 15) is 64.9 Å². The van der Waals surface area contributed by atoms with E-state index in [4.69, 9.17) is 47.7 Å². The lowest BCUT2D eigenvalue weighted by atomic mass is 10.1. The van der Waals surface area contributed by atoms with Crippen LogP contribution in [0.2, 0.25) is 0 Å². The molecule has 0 aliphatic carbocycles. The summed E-state index contributed by atoms with van der Waals surface area (Å²) in [6.07, 6.45) is -20.2. The monoisotopic (exact) mass is 823 g/mol. The van der Waals surface area contributed by atoms with Gasteiger partial charge in [-0.3, -0.25) is 18.1 Å². The second-order valence-electron chi connectivity index (χ2n) is 12.0. The number of unbranched alkanes of at least 4 members (excludes halogenated alkanes) is 2. The highest BCUT2D eigenvalue weighted by molar-refractivity contribution is 7.47. The van der Waals surface area contributed by atoms with E-state index in [0.717, 1.165) is 7.11 Å². The molecule has 2 heterocycles. The maximum Gasteiger partial charge on any atom is 0.472 e. The minimum absolute atomic E-state index is 0.123. The van der Waals surface area contributed by atoms with Crippen molar-refractivity contribution in [3.63, 3.8) is 0 Å². The predicted octanol–water partition coefficient (Wildman–Crippen LogP) is -5.22. The number of ether oxygens (including phenoxy) is 6. The molecule has 0 radical (unpaired) electrons. The summed E-state index contributed by atoms with van der Waals surface area (Å²) in [7, 11) is -7.38. The van der Waals surface area contributed by atoms with Gasteiger partial charge in [0.05, 0.1) is 46.2 Å². The molecule has 0 spiro atoms. The highest BCUT2D eigenvalue weighted by atomic mass is 31.2. The zero-order valence-electron chi connectivity index (χ0n) is 29.2. The van der Waals surface area contributed by atoms with Gasteiger partial charge in [-0.15, -0.1) is 0 Å². The Kier molecular flexibility index (Phi) is 21.8. The minimum atomic E-state index is -5.15. The zero-order chi connectivity index (χ0) is 39.9. The van der Waals surface area contributed by atoms with E-state index in [1.165, 1.54) is 7.11 Å². The Bertz CT molecular complexity index is 1120. The van der Waals surface area contributed by atoms with E-state index in [2.05, 4.69) is 4.52 Å². The van der Waals surface area contributed by atoms with Crippen molar-refractivity contribution < 1.29 is 111 Å². The third-order valence-corrected chi connectivity index (χ3v) is 10.0. The fourth-order valence-corrected chi connectivity index (χ4v) is 6.79. The van der Waals surface area contributed by atoms with Gasteiger partial charge in [0.15, 0.2) is 12.6 Å². The molecule has 0 aromatic rings. The van der Waals surface area contributed by atoms with Gasteiger partial charge in [0.25, 0.3) is 0 Å². The number of aliphatic hydroxyl groups excluding tert-OH is 9. The number of hydrogen-bond acceptors (Lipinski definition) is 22. The molecular weight excluding hydrogens is 768 g/mol. The van der Waals surface area contributed by atoms with Gasteiger partial charge in [-0.05, 0) is 25.8 Å². The molecule has 26 heteroatoms. The maximum atomic E-state index is 12.8. The fourth-order valence-electron chi connectivity index (χ4n) is 5.05. The molecule has 2 aliphatic heterocycles. The number of hydrogen-bond donors (Lipinski definition) is 12. The van der Waals surface area contributed by atoms with Crippen LogP contribution in [0.1, 0.15) is 19.3 Å². The molecule has 0 saturated carbocycles. The van der Waals surface area contributed by atoms with Gasteiger partial charge < -0.3 is 89.9 Å². The lowest BCUT2D eigenvalue weighted by Gasteiger charge is -2.27. The van der Waals surface area contributed by atoms with Crippen LogP contribution in [0.25, 0.3) is 0 Å². The minimum Gasteiger partial charge on any atom is -0.394 e. The van der Waals surface area contributed by atoms with Crippen LogP contribution in [0.3, 0.4) is 0 Å². The zero-order valence-corrected chi connectivity index (χ0v) is 30.9. The van der Waals surface area contributed by atoms with Gasteiger partial charge in [-0.1, -0.05) is 0 Å². The second-order valence-corrected chi connectivity index (χ2v) is 14.9. The number of methoxy groups -OCH3 is 2. The van der Waals surface area contributed by atoms with Crippen molar-refractivity contribution in [1.82, 2.24) is 0 Å². The van der Waals surface area contributed by atoms with Crippen molar-refractivity contribution in [3.8, 4) is 0 Å². The van der Waals surface area contributed by atoms with Crippen LogP contribution >= 0.6 is 15.6 Å². The number of rotatable bonds is 28. The summed E-state index contributed by atoms with van der Waals surface area (Å²) >= 11 is 0. The first-order chi connectivity index (χ1) is 24.9. The van der Waals surface area contributed by atoms with Crippen molar-refractivity contribution in [1.29, 1.82) is 0 Å². The largest absolute Gasteiger partial charge is 0.472 e. The van der Waals surface area contributed by atoms with E-state index in [0.29, 0.717) is 25.8 Å². The van der Waals surface area contributed by atoms with Crippen molar-refractivity contribution in [2.75, 3.05) is 67.0 Å². The molecule has 316 valence electrons. The first-order valence-electron chi connectivity index (χ1n) is 16.5. The molecular formula is C27H55NO23P2. The summed E-state index contributed by atoms with van der Waals surface area (Å²) in [6.45, 7) is -4.49. The molecule has 13 N–H and O–H groups in total. The number of aliphatic hydroxyl groups is 9. The Morgan fingerprint density at radius 2 is 1.11 bits per heavy atom. The molecule has 2 aliphatic rings. The molecule has 0 aromatic carbocycles. The average molecular weight is 824 g/mol. The predicted molar refractivity (Wildman–Crippen MR) is 172 cm³/mol. The normalized spacial score (nSPS) is 32.1. The van der Waals surface area contributed by atoms with Crippen molar-refractivity contribution in [3.05, 3.63) is 0 Å². The molecule has 2 rings (SSSR count). The van der Waals surface area contributed by atoms with E-state index in [1.54, 1.807) is 0 Å². The SMILES string of the molecule is COC1C(O)[C@@H](CO)O[C@H]1OCC(O)C(O)C(O)COP(=O)(O)OC1C(OC)[C@H](OCC(O)C(O)C(O)COP(=O)(O)OCCCCCN)O[C@@H]1CO. The Labute approximate surface area is 305 Å². The molecule has 0 amide bonds. The highest BCUT2D eigenvalue weighted by Gasteiger charge is 2.50. The van der Waals surface area contributed by atoms with Crippen LogP contribution in [-0.4, -0.2) is 209 Å². The number of nitrogens with two attached hydrogens (primary N) is 1. The van der Waals surface area contributed by atoms with E-state index in [-0.39, 0.29) is 6.61 Å². The lowest BCUT2D eigenvalue weighted by molar-refractivity contribution is -0.198. The van der Waals surface area contributed by atoms with E-state index >= 15 is 0 Å². The topological polar surface area (TPSA) is 375 Å². The summed E-state index contributed by atoms with van der Waals surface area (Å²) in [5.41, 5.74) is 5.37. The summed E-state index contributed by atoms with van der Waals surface area (Å²) in [4.78, 5) is 20.1. The van der Waals surface area contributed by atoms with Crippen LogP contribution in [0, 0.1) is 0 Å². The van der Waals surface area contributed by atoms with E-state index < -0.39 is 141 Å². The molecule has 2 fully saturated rings. The van der Waals surface area contributed by atoms with Gasteiger partial charge in [-0.2, -0.15) is 0 Å². The van der Waals surface area contributed by atoms with Crippen LogP contribution in [-0.2, 0) is 55.6 Å². The van der Waals surface area contributed by atoms with Gasteiger partial charge >= 0.3 is 15.6 Å². The Hall–Kier alpha value is -0.420. The third kappa shape index (κ3) is 15.5. The van der Waals surface area contributed by atoms with Crippen molar-refractivity contribution >= 4 is 15.6 Å². The summed E-state index contributed by atoms with van der Waals surface area (Å²) in [5.74, 6) is 0. The Morgan fingerprint density at radius 1 is 0.642 bits per heavy atom. The van der Waals surface area contributed by atoms with Gasteiger partial charge in [0.1, 0.15) is 73.2 Å². The summed E-state index contributed by atoms with van der Waals surface area (Å²) < 4.78 is 75.7.